The third-order valence-corrected chi connectivity index (χ3v) is 2.60. The van der Waals surface area contributed by atoms with Gasteiger partial charge in [-0.05, 0) is 12.1 Å². The van der Waals surface area contributed by atoms with Crippen molar-refractivity contribution in [3.05, 3.63) is 51.6 Å². The molecule has 7 nitrogen and oxygen atoms in total. The molecule has 0 saturated heterocycles. The average molecular weight is 296 g/mol. The van der Waals surface area contributed by atoms with Gasteiger partial charge in [0.15, 0.2) is 5.75 Å². The Morgan fingerprint density at radius 3 is 2.75 bits per heavy atom. The second kappa shape index (κ2) is 6.16. The maximum Gasteiger partial charge on any atom is 0.314 e. The third-order valence-electron chi connectivity index (χ3n) is 2.41. The van der Waals surface area contributed by atoms with E-state index >= 15 is 0 Å². The first-order valence-corrected chi connectivity index (χ1v) is 5.89. The van der Waals surface area contributed by atoms with Gasteiger partial charge in [0.2, 0.25) is 0 Å². The van der Waals surface area contributed by atoms with Crippen LogP contribution in [0.4, 0.5) is 5.69 Å². The van der Waals surface area contributed by atoms with Gasteiger partial charge in [0, 0.05) is 0 Å². The molecule has 0 amide bonds. The van der Waals surface area contributed by atoms with Crippen LogP contribution in [0.15, 0.2) is 30.6 Å². The van der Waals surface area contributed by atoms with E-state index in [0.29, 0.717) is 11.4 Å². The highest BCUT2D eigenvalue weighted by molar-refractivity contribution is 6.29. The van der Waals surface area contributed by atoms with Gasteiger partial charge in [0.1, 0.15) is 17.5 Å². The van der Waals surface area contributed by atoms with Crippen molar-refractivity contribution in [2.24, 2.45) is 0 Å². The highest BCUT2D eigenvalue weighted by atomic mass is 35.5. The number of aromatic nitrogens is 2. The Labute approximate surface area is 119 Å². The van der Waals surface area contributed by atoms with Crippen molar-refractivity contribution < 1.29 is 14.4 Å². The van der Waals surface area contributed by atoms with Gasteiger partial charge in [-0.15, -0.1) is 0 Å². The fraction of sp³-hybridized carbons (Fsp3) is 0.167. The normalized spacial score (nSPS) is 10.1. The predicted molar refractivity (Wildman–Crippen MR) is 71.0 cm³/mol. The average Bonchev–Trinajstić information content (AvgIpc) is 2.46. The van der Waals surface area contributed by atoms with Crippen molar-refractivity contribution in [3.63, 3.8) is 0 Å². The molecule has 0 aliphatic heterocycles. The Morgan fingerprint density at radius 1 is 1.35 bits per heavy atom. The Balaban J connectivity index is 2.11. The summed E-state index contributed by atoms with van der Waals surface area (Å²) >= 11 is 5.61. The minimum absolute atomic E-state index is 0.133. The fourth-order valence-electron chi connectivity index (χ4n) is 1.47. The summed E-state index contributed by atoms with van der Waals surface area (Å²) in [5.74, 6) is 0.517. The van der Waals surface area contributed by atoms with E-state index < -0.39 is 4.92 Å². The lowest BCUT2D eigenvalue weighted by atomic mass is 10.3. The first kappa shape index (κ1) is 14.0. The van der Waals surface area contributed by atoms with E-state index in [0.717, 1.165) is 0 Å². The number of benzene rings is 1. The van der Waals surface area contributed by atoms with Crippen LogP contribution >= 0.6 is 11.6 Å². The molecule has 0 fully saturated rings. The Morgan fingerprint density at radius 2 is 2.15 bits per heavy atom. The van der Waals surface area contributed by atoms with Gasteiger partial charge in [-0.25, -0.2) is 4.98 Å². The molecule has 20 heavy (non-hydrogen) atoms. The highest BCUT2D eigenvalue weighted by Crippen LogP contribution is 2.30. The van der Waals surface area contributed by atoms with E-state index in [9.17, 15) is 10.1 Å². The Bertz CT molecular complexity index is 619. The molecular weight excluding hydrogens is 286 g/mol. The largest absolute Gasteiger partial charge is 0.490 e. The van der Waals surface area contributed by atoms with Crippen LogP contribution in [-0.2, 0) is 6.61 Å². The van der Waals surface area contributed by atoms with Gasteiger partial charge in [-0.3, -0.25) is 15.1 Å². The van der Waals surface area contributed by atoms with E-state index in [1.807, 2.05) is 0 Å². The van der Waals surface area contributed by atoms with Gasteiger partial charge in [-0.1, -0.05) is 11.6 Å². The monoisotopic (exact) mass is 295 g/mol. The molecule has 0 aliphatic rings. The first-order valence-electron chi connectivity index (χ1n) is 5.52. The standard InChI is InChI=1S/C12H10ClN3O4/c1-19-11-3-2-9(4-10(11)16(17)18)20-7-8-5-15-12(13)6-14-8/h2-6H,7H2,1H3. The van der Waals surface area contributed by atoms with Crippen LogP contribution in [0.5, 0.6) is 11.5 Å². The first-order chi connectivity index (χ1) is 9.60. The maximum atomic E-state index is 10.9. The molecule has 0 unspecified atom stereocenters. The molecule has 2 aromatic rings. The van der Waals surface area contributed by atoms with Crippen molar-refractivity contribution in [3.8, 4) is 11.5 Å². The molecule has 0 spiro atoms. The highest BCUT2D eigenvalue weighted by Gasteiger charge is 2.15. The topological polar surface area (TPSA) is 87.4 Å². The van der Waals surface area contributed by atoms with E-state index in [4.69, 9.17) is 21.1 Å². The number of ether oxygens (including phenoxy) is 2. The molecule has 0 N–H and O–H groups in total. The molecule has 1 heterocycles. The molecule has 1 aromatic carbocycles. The second-order valence-electron chi connectivity index (χ2n) is 3.71. The third kappa shape index (κ3) is 3.33. The van der Waals surface area contributed by atoms with Gasteiger partial charge < -0.3 is 9.47 Å². The van der Waals surface area contributed by atoms with Crippen LogP contribution in [0.25, 0.3) is 0 Å². The van der Waals surface area contributed by atoms with E-state index in [1.165, 1.54) is 31.6 Å². The van der Waals surface area contributed by atoms with Crippen molar-refractivity contribution in [2.45, 2.75) is 6.61 Å². The number of nitro groups is 1. The zero-order valence-corrected chi connectivity index (χ0v) is 11.2. The number of hydrogen-bond acceptors (Lipinski definition) is 6. The molecule has 0 saturated carbocycles. The molecular formula is C12H10ClN3O4. The maximum absolute atomic E-state index is 10.9. The lowest BCUT2D eigenvalue weighted by molar-refractivity contribution is -0.385. The molecule has 0 atom stereocenters. The number of halogens is 1. The zero-order chi connectivity index (χ0) is 14.5. The van der Waals surface area contributed by atoms with Crippen molar-refractivity contribution in [1.82, 2.24) is 9.97 Å². The lowest BCUT2D eigenvalue weighted by Crippen LogP contribution is -2.00. The summed E-state index contributed by atoms with van der Waals surface area (Å²) in [6.45, 7) is 0.133. The zero-order valence-electron chi connectivity index (χ0n) is 10.4. The van der Waals surface area contributed by atoms with Gasteiger partial charge in [-0.2, -0.15) is 0 Å². The molecule has 104 valence electrons. The molecule has 0 bridgehead atoms. The van der Waals surface area contributed by atoms with Crippen LogP contribution in [0.3, 0.4) is 0 Å². The molecule has 0 radical (unpaired) electrons. The van der Waals surface area contributed by atoms with E-state index in [2.05, 4.69) is 9.97 Å². The summed E-state index contributed by atoms with van der Waals surface area (Å²) < 4.78 is 10.3. The Kier molecular flexibility index (Phi) is 4.31. The minimum Gasteiger partial charge on any atom is -0.490 e. The van der Waals surface area contributed by atoms with Crippen molar-refractivity contribution in [2.75, 3.05) is 7.11 Å². The van der Waals surface area contributed by atoms with Crippen LogP contribution < -0.4 is 9.47 Å². The summed E-state index contributed by atoms with van der Waals surface area (Å²) in [5, 5.41) is 11.2. The summed E-state index contributed by atoms with van der Waals surface area (Å²) in [5.41, 5.74) is 0.403. The van der Waals surface area contributed by atoms with Crippen molar-refractivity contribution in [1.29, 1.82) is 0 Å². The van der Waals surface area contributed by atoms with E-state index in [1.54, 1.807) is 6.07 Å². The number of hydrogen-bond donors (Lipinski definition) is 0. The van der Waals surface area contributed by atoms with E-state index in [-0.39, 0.29) is 23.2 Å². The number of nitro benzene ring substituents is 1. The van der Waals surface area contributed by atoms with Crippen molar-refractivity contribution >= 4 is 17.3 Å². The van der Waals surface area contributed by atoms with Crippen LogP contribution in [-0.4, -0.2) is 22.0 Å². The van der Waals surface area contributed by atoms with Gasteiger partial charge in [0.25, 0.3) is 0 Å². The summed E-state index contributed by atoms with van der Waals surface area (Å²) in [4.78, 5) is 18.2. The smallest absolute Gasteiger partial charge is 0.314 e. The lowest BCUT2D eigenvalue weighted by Gasteiger charge is -2.07. The number of methoxy groups -OCH3 is 1. The summed E-state index contributed by atoms with van der Waals surface area (Å²) in [6, 6.07) is 4.35. The SMILES string of the molecule is COc1ccc(OCc2cnc(Cl)cn2)cc1[N+](=O)[O-]. The second-order valence-corrected chi connectivity index (χ2v) is 4.10. The van der Waals surface area contributed by atoms with Crippen LogP contribution in [0.2, 0.25) is 5.15 Å². The number of rotatable bonds is 5. The summed E-state index contributed by atoms with van der Waals surface area (Å²) in [6.07, 6.45) is 2.87. The molecule has 8 heteroatoms. The van der Waals surface area contributed by atoms with Crippen LogP contribution in [0.1, 0.15) is 5.69 Å². The van der Waals surface area contributed by atoms with Crippen LogP contribution in [0, 0.1) is 10.1 Å². The van der Waals surface area contributed by atoms with Gasteiger partial charge in [0.05, 0.1) is 36.2 Å². The predicted octanol–water partition coefficient (Wildman–Crippen LogP) is 2.63. The molecule has 0 aliphatic carbocycles. The fourth-order valence-corrected chi connectivity index (χ4v) is 1.57. The molecule has 1 aromatic heterocycles. The Hall–Kier alpha value is -2.41. The number of nitrogens with zero attached hydrogens (tertiary/aromatic N) is 3. The molecule has 2 rings (SSSR count). The quantitative estimate of drug-likeness (QED) is 0.622. The minimum atomic E-state index is -0.534. The summed E-state index contributed by atoms with van der Waals surface area (Å²) in [7, 11) is 1.37. The van der Waals surface area contributed by atoms with Gasteiger partial charge >= 0.3 is 5.69 Å².